The van der Waals surface area contributed by atoms with Crippen LogP contribution in [0.25, 0.3) is 11.1 Å². The Kier molecular flexibility index (Phi) is 2.83. The summed E-state index contributed by atoms with van der Waals surface area (Å²) in [5.74, 6) is 0. The van der Waals surface area contributed by atoms with Gasteiger partial charge in [-0.2, -0.15) is 4.98 Å². The molecule has 18 heavy (non-hydrogen) atoms. The van der Waals surface area contributed by atoms with E-state index in [1.807, 2.05) is 18.2 Å². The summed E-state index contributed by atoms with van der Waals surface area (Å²) in [5, 5.41) is 3.31. The number of nitrogen functional groups attached to an aromatic ring is 1. The Labute approximate surface area is 105 Å². The molecule has 0 bridgehead atoms. The van der Waals surface area contributed by atoms with E-state index in [1.165, 1.54) is 0 Å². The molecule has 1 aromatic heterocycles. The summed E-state index contributed by atoms with van der Waals surface area (Å²) in [6.07, 6.45) is 3.49. The molecule has 96 valence electrons. The van der Waals surface area contributed by atoms with Crippen LogP contribution in [-0.2, 0) is 4.74 Å². The normalized spacial score (nSPS) is 23.6. The Bertz CT molecular complexity index is 552. The van der Waals surface area contributed by atoms with Crippen molar-refractivity contribution in [3.8, 4) is 0 Å². The third kappa shape index (κ3) is 2.01. The number of nitrogens with zero attached hydrogens (tertiary/aromatic N) is 1. The number of rotatable bonds is 3. The van der Waals surface area contributed by atoms with E-state index in [1.54, 1.807) is 7.11 Å². The van der Waals surface area contributed by atoms with Crippen molar-refractivity contribution in [2.75, 3.05) is 18.2 Å². The largest absolute Gasteiger partial charge is 0.423 e. The van der Waals surface area contributed by atoms with Crippen molar-refractivity contribution < 1.29 is 9.15 Å². The zero-order chi connectivity index (χ0) is 12.5. The molecule has 0 aliphatic heterocycles. The average molecular weight is 247 g/mol. The molecule has 0 radical (unpaired) electrons. The summed E-state index contributed by atoms with van der Waals surface area (Å²) in [6.45, 7) is 0. The first-order chi connectivity index (χ1) is 8.76. The number of ether oxygens (including phenoxy) is 1. The number of nitrogens with one attached hydrogen (secondary N) is 1. The van der Waals surface area contributed by atoms with Crippen LogP contribution in [0.3, 0.4) is 0 Å². The van der Waals surface area contributed by atoms with Gasteiger partial charge in [-0.15, -0.1) is 0 Å². The highest BCUT2D eigenvalue weighted by molar-refractivity contribution is 5.86. The van der Waals surface area contributed by atoms with Crippen molar-refractivity contribution in [3.05, 3.63) is 18.2 Å². The fourth-order valence-corrected chi connectivity index (χ4v) is 2.49. The summed E-state index contributed by atoms with van der Waals surface area (Å²) in [5.41, 5.74) is 7.94. The van der Waals surface area contributed by atoms with Crippen molar-refractivity contribution in [1.82, 2.24) is 4.98 Å². The minimum absolute atomic E-state index is 0.344. The maximum absolute atomic E-state index is 5.85. The number of methoxy groups -OCH3 is 1. The lowest BCUT2D eigenvalue weighted by atomic mass is 10.2. The molecule has 1 aliphatic carbocycles. The van der Waals surface area contributed by atoms with Gasteiger partial charge in [0, 0.05) is 13.2 Å². The van der Waals surface area contributed by atoms with Gasteiger partial charge in [0.05, 0.1) is 11.8 Å². The van der Waals surface area contributed by atoms with Crippen molar-refractivity contribution >= 4 is 22.8 Å². The first-order valence-electron chi connectivity index (χ1n) is 6.20. The molecule has 1 heterocycles. The fourth-order valence-electron chi connectivity index (χ4n) is 2.49. The van der Waals surface area contributed by atoms with Gasteiger partial charge in [0.15, 0.2) is 5.58 Å². The second-order valence-electron chi connectivity index (χ2n) is 4.73. The lowest BCUT2D eigenvalue weighted by Crippen LogP contribution is -2.17. The van der Waals surface area contributed by atoms with Gasteiger partial charge in [-0.3, -0.25) is 0 Å². The number of hydrogen-bond acceptors (Lipinski definition) is 5. The lowest BCUT2D eigenvalue weighted by molar-refractivity contribution is 0.108. The second-order valence-corrected chi connectivity index (χ2v) is 4.73. The molecule has 3 rings (SSSR count). The van der Waals surface area contributed by atoms with Crippen LogP contribution in [0, 0.1) is 0 Å². The fraction of sp³-hybridized carbons (Fsp3) is 0.462. The number of nitrogens with two attached hydrogens (primary N) is 1. The van der Waals surface area contributed by atoms with E-state index in [0.717, 1.165) is 30.4 Å². The Balaban J connectivity index is 1.77. The summed E-state index contributed by atoms with van der Waals surface area (Å²) in [4.78, 5) is 4.38. The quantitative estimate of drug-likeness (QED) is 0.815. The third-order valence-corrected chi connectivity index (χ3v) is 3.50. The maximum atomic E-state index is 5.85. The van der Waals surface area contributed by atoms with Crippen LogP contribution < -0.4 is 11.1 Å². The summed E-state index contributed by atoms with van der Waals surface area (Å²) in [7, 11) is 1.76. The van der Waals surface area contributed by atoms with Gasteiger partial charge < -0.3 is 20.2 Å². The van der Waals surface area contributed by atoms with Crippen molar-refractivity contribution in [1.29, 1.82) is 0 Å². The highest BCUT2D eigenvalue weighted by Crippen LogP contribution is 2.28. The Morgan fingerprint density at radius 2 is 2.33 bits per heavy atom. The standard InChI is InChI=1S/C13H17N3O2/c1-17-9-6-5-8(7-9)15-13-16-12-10(14)3-2-4-11(12)18-13/h2-4,8-9H,5-7,14H2,1H3,(H,15,16). The molecular formula is C13H17N3O2. The SMILES string of the molecule is COC1CCC(Nc2nc3c(N)cccc3o2)C1. The summed E-state index contributed by atoms with van der Waals surface area (Å²) in [6, 6.07) is 6.47. The van der Waals surface area contributed by atoms with Gasteiger partial charge in [0.25, 0.3) is 6.01 Å². The topological polar surface area (TPSA) is 73.3 Å². The van der Waals surface area contributed by atoms with Crippen LogP contribution in [0.15, 0.2) is 22.6 Å². The number of aromatic nitrogens is 1. The molecule has 2 unspecified atom stereocenters. The molecule has 5 nitrogen and oxygen atoms in total. The monoisotopic (exact) mass is 247 g/mol. The van der Waals surface area contributed by atoms with Crippen LogP contribution in [0.2, 0.25) is 0 Å². The minimum Gasteiger partial charge on any atom is -0.423 e. The van der Waals surface area contributed by atoms with E-state index < -0.39 is 0 Å². The average Bonchev–Trinajstić information content (AvgIpc) is 2.96. The highest BCUT2D eigenvalue weighted by atomic mass is 16.5. The number of anilines is 2. The molecule has 0 amide bonds. The van der Waals surface area contributed by atoms with Gasteiger partial charge >= 0.3 is 0 Å². The second kappa shape index (κ2) is 4.49. The Morgan fingerprint density at radius 1 is 1.44 bits per heavy atom. The van der Waals surface area contributed by atoms with Crippen LogP contribution in [0.5, 0.6) is 0 Å². The van der Waals surface area contributed by atoms with E-state index in [-0.39, 0.29) is 0 Å². The Hall–Kier alpha value is -1.75. The number of hydrogen-bond donors (Lipinski definition) is 2. The summed E-state index contributed by atoms with van der Waals surface area (Å²) >= 11 is 0. The van der Waals surface area contributed by atoms with Gasteiger partial charge in [0.1, 0.15) is 5.52 Å². The van der Waals surface area contributed by atoms with E-state index in [2.05, 4.69) is 10.3 Å². The molecule has 1 aromatic carbocycles. The number of oxazole rings is 1. The third-order valence-electron chi connectivity index (χ3n) is 3.50. The zero-order valence-corrected chi connectivity index (χ0v) is 10.3. The smallest absolute Gasteiger partial charge is 0.295 e. The maximum Gasteiger partial charge on any atom is 0.295 e. The summed E-state index contributed by atoms with van der Waals surface area (Å²) < 4.78 is 11.0. The predicted molar refractivity (Wildman–Crippen MR) is 70.5 cm³/mol. The molecule has 5 heteroatoms. The van der Waals surface area contributed by atoms with Gasteiger partial charge in [-0.05, 0) is 31.4 Å². The van der Waals surface area contributed by atoms with Crippen LogP contribution in [0.4, 0.5) is 11.7 Å². The number of fused-ring (bicyclic) bond motifs is 1. The number of benzene rings is 1. The minimum atomic E-state index is 0.344. The van der Waals surface area contributed by atoms with Crippen molar-refractivity contribution in [2.45, 2.75) is 31.4 Å². The molecule has 1 saturated carbocycles. The first-order valence-corrected chi connectivity index (χ1v) is 6.20. The lowest BCUT2D eigenvalue weighted by Gasteiger charge is -2.10. The molecule has 2 aromatic rings. The zero-order valence-electron chi connectivity index (χ0n) is 10.3. The van der Waals surface area contributed by atoms with Gasteiger partial charge in [0.2, 0.25) is 0 Å². The van der Waals surface area contributed by atoms with E-state index >= 15 is 0 Å². The first kappa shape index (κ1) is 11.3. The van der Waals surface area contributed by atoms with Crippen LogP contribution >= 0.6 is 0 Å². The molecule has 2 atom stereocenters. The van der Waals surface area contributed by atoms with E-state index in [4.69, 9.17) is 14.9 Å². The molecule has 1 fully saturated rings. The number of para-hydroxylation sites is 1. The molecular weight excluding hydrogens is 230 g/mol. The van der Waals surface area contributed by atoms with Crippen molar-refractivity contribution in [2.24, 2.45) is 0 Å². The highest BCUT2D eigenvalue weighted by Gasteiger charge is 2.25. The predicted octanol–water partition coefficient (Wildman–Crippen LogP) is 2.39. The van der Waals surface area contributed by atoms with Crippen LogP contribution in [0.1, 0.15) is 19.3 Å². The van der Waals surface area contributed by atoms with E-state index in [0.29, 0.717) is 23.8 Å². The molecule has 0 spiro atoms. The molecule has 0 saturated heterocycles. The molecule has 3 N–H and O–H groups in total. The Morgan fingerprint density at radius 3 is 3.06 bits per heavy atom. The van der Waals surface area contributed by atoms with E-state index in [9.17, 15) is 0 Å². The van der Waals surface area contributed by atoms with Crippen molar-refractivity contribution in [3.63, 3.8) is 0 Å². The molecule has 1 aliphatic rings. The van der Waals surface area contributed by atoms with Gasteiger partial charge in [-0.25, -0.2) is 0 Å². The van der Waals surface area contributed by atoms with Crippen LogP contribution in [-0.4, -0.2) is 24.2 Å². The van der Waals surface area contributed by atoms with Gasteiger partial charge in [-0.1, -0.05) is 6.07 Å².